The minimum Gasteiger partial charge on any atom is -0.366 e. The summed E-state index contributed by atoms with van der Waals surface area (Å²) in [4.78, 5) is 12.0. The van der Waals surface area contributed by atoms with Gasteiger partial charge in [0.15, 0.2) is 0 Å². The first-order valence-corrected chi connectivity index (χ1v) is 7.64. The lowest BCUT2D eigenvalue weighted by atomic mass is 10.2. The van der Waals surface area contributed by atoms with E-state index < -0.39 is 6.10 Å². The molecule has 1 aromatic carbocycles. The molecule has 1 aliphatic heterocycles. The van der Waals surface area contributed by atoms with Gasteiger partial charge in [-0.15, -0.1) is 10.2 Å². The van der Waals surface area contributed by atoms with E-state index in [1.807, 2.05) is 18.2 Å². The molecule has 1 fully saturated rings. The van der Waals surface area contributed by atoms with Crippen molar-refractivity contribution in [3.05, 3.63) is 29.3 Å². The molecular formula is C13H13ClN4O2S. The second-order valence-corrected chi connectivity index (χ2v) is 5.89. The van der Waals surface area contributed by atoms with Crippen LogP contribution in [-0.4, -0.2) is 41.9 Å². The number of halogens is 1. The van der Waals surface area contributed by atoms with Crippen LogP contribution in [0.1, 0.15) is 0 Å². The Morgan fingerprint density at radius 1 is 1.48 bits per heavy atom. The minimum atomic E-state index is -0.489. The summed E-state index contributed by atoms with van der Waals surface area (Å²) >= 11 is 7.25. The van der Waals surface area contributed by atoms with E-state index >= 15 is 0 Å². The molecule has 0 spiro atoms. The lowest BCUT2D eigenvalue weighted by Gasteiger charge is -2.21. The van der Waals surface area contributed by atoms with Gasteiger partial charge in [-0.2, -0.15) is 0 Å². The summed E-state index contributed by atoms with van der Waals surface area (Å²) in [5.74, 6) is -0.212. The number of amides is 1. The average molecular weight is 325 g/mol. The van der Waals surface area contributed by atoms with Gasteiger partial charge in [0.25, 0.3) is 5.91 Å². The topological polar surface area (TPSA) is 76.1 Å². The zero-order valence-electron chi connectivity index (χ0n) is 11.0. The monoisotopic (exact) mass is 324 g/mol. The number of benzene rings is 1. The number of rotatable bonds is 3. The third kappa shape index (κ3) is 3.56. The molecule has 1 atom stereocenters. The van der Waals surface area contributed by atoms with Gasteiger partial charge < -0.3 is 10.1 Å². The van der Waals surface area contributed by atoms with Crippen LogP contribution in [0.25, 0.3) is 10.6 Å². The molecule has 1 amide bonds. The van der Waals surface area contributed by atoms with E-state index in [1.165, 1.54) is 11.3 Å². The number of carbonyl (C=O) groups excluding carboxylic acids is 1. The standard InChI is InChI=1S/C13H13ClN4O2S/c14-9-3-1-2-8(6-9)12-17-18-13(21-12)16-11(19)10-7-15-4-5-20-10/h1-3,6,10,15H,4-5,7H2,(H,16,18,19). The summed E-state index contributed by atoms with van der Waals surface area (Å²) in [6.07, 6.45) is -0.489. The van der Waals surface area contributed by atoms with Crippen molar-refractivity contribution in [1.29, 1.82) is 0 Å². The molecule has 110 valence electrons. The number of morpholine rings is 1. The summed E-state index contributed by atoms with van der Waals surface area (Å²) in [7, 11) is 0. The fraction of sp³-hybridized carbons (Fsp3) is 0.308. The SMILES string of the molecule is O=C(Nc1nnc(-c2cccc(Cl)c2)s1)C1CNCCO1. The Morgan fingerprint density at radius 2 is 2.38 bits per heavy atom. The molecule has 2 N–H and O–H groups in total. The summed E-state index contributed by atoms with van der Waals surface area (Å²) in [6, 6.07) is 7.34. The Labute approximate surface area is 130 Å². The first-order valence-electron chi connectivity index (χ1n) is 6.45. The highest BCUT2D eigenvalue weighted by molar-refractivity contribution is 7.18. The molecule has 0 bridgehead atoms. The number of ether oxygens (including phenoxy) is 1. The van der Waals surface area contributed by atoms with Crippen molar-refractivity contribution in [2.45, 2.75) is 6.10 Å². The number of hydrogen-bond acceptors (Lipinski definition) is 6. The van der Waals surface area contributed by atoms with Gasteiger partial charge in [0, 0.05) is 23.7 Å². The van der Waals surface area contributed by atoms with Gasteiger partial charge in [-0.05, 0) is 12.1 Å². The van der Waals surface area contributed by atoms with Gasteiger partial charge in [0.1, 0.15) is 11.1 Å². The molecule has 1 aliphatic rings. The van der Waals surface area contributed by atoms with Crippen molar-refractivity contribution in [2.75, 3.05) is 25.0 Å². The van der Waals surface area contributed by atoms with Gasteiger partial charge in [0.2, 0.25) is 5.13 Å². The van der Waals surface area contributed by atoms with E-state index in [2.05, 4.69) is 20.8 Å². The third-order valence-corrected chi connectivity index (χ3v) is 4.07. The van der Waals surface area contributed by atoms with Crippen LogP contribution in [0, 0.1) is 0 Å². The van der Waals surface area contributed by atoms with Crippen molar-refractivity contribution in [3.8, 4) is 10.6 Å². The van der Waals surface area contributed by atoms with Gasteiger partial charge in [-0.1, -0.05) is 35.1 Å². The first-order chi connectivity index (χ1) is 10.2. The maximum absolute atomic E-state index is 12.0. The van der Waals surface area contributed by atoms with Crippen LogP contribution < -0.4 is 10.6 Å². The second kappa shape index (κ2) is 6.48. The number of anilines is 1. The third-order valence-electron chi connectivity index (χ3n) is 2.95. The minimum absolute atomic E-state index is 0.212. The summed E-state index contributed by atoms with van der Waals surface area (Å²) in [5, 5.41) is 15.7. The van der Waals surface area contributed by atoms with Crippen molar-refractivity contribution in [1.82, 2.24) is 15.5 Å². The zero-order chi connectivity index (χ0) is 14.7. The summed E-state index contributed by atoms with van der Waals surface area (Å²) < 4.78 is 5.38. The van der Waals surface area contributed by atoms with Crippen molar-refractivity contribution < 1.29 is 9.53 Å². The molecule has 3 rings (SSSR count). The molecule has 21 heavy (non-hydrogen) atoms. The van der Waals surface area contributed by atoms with E-state index in [-0.39, 0.29) is 5.91 Å². The fourth-order valence-corrected chi connectivity index (χ4v) is 2.86. The molecule has 1 aromatic heterocycles. The molecule has 6 nitrogen and oxygen atoms in total. The Morgan fingerprint density at radius 3 is 3.14 bits per heavy atom. The van der Waals surface area contributed by atoms with Crippen molar-refractivity contribution in [3.63, 3.8) is 0 Å². The number of nitrogens with zero attached hydrogens (tertiary/aromatic N) is 2. The van der Waals surface area contributed by atoms with Crippen molar-refractivity contribution >= 4 is 34.0 Å². The summed E-state index contributed by atoms with van der Waals surface area (Å²) in [5.41, 5.74) is 0.871. The maximum atomic E-state index is 12.0. The fourth-order valence-electron chi connectivity index (χ4n) is 1.93. The summed E-state index contributed by atoms with van der Waals surface area (Å²) in [6.45, 7) is 1.80. The Hall–Kier alpha value is -1.54. The Bertz CT molecular complexity index is 643. The van der Waals surface area contributed by atoms with Crippen LogP contribution in [0.4, 0.5) is 5.13 Å². The highest BCUT2D eigenvalue weighted by Gasteiger charge is 2.22. The molecule has 2 aromatic rings. The number of nitrogens with one attached hydrogen (secondary N) is 2. The van der Waals surface area contributed by atoms with Crippen LogP contribution in [0.2, 0.25) is 5.02 Å². The smallest absolute Gasteiger partial charge is 0.256 e. The number of hydrogen-bond donors (Lipinski definition) is 2. The van der Waals surface area contributed by atoms with E-state index in [0.717, 1.165) is 12.1 Å². The van der Waals surface area contributed by atoms with E-state index in [4.69, 9.17) is 16.3 Å². The largest absolute Gasteiger partial charge is 0.366 e. The highest BCUT2D eigenvalue weighted by Crippen LogP contribution is 2.28. The maximum Gasteiger partial charge on any atom is 0.256 e. The molecule has 8 heteroatoms. The van der Waals surface area contributed by atoms with Crippen LogP contribution in [0.5, 0.6) is 0 Å². The van der Waals surface area contributed by atoms with Crippen molar-refractivity contribution in [2.24, 2.45) is 0 Å². The lowest BCUT2D eigenvalue weighted by Crippen LogP contribution is -2.45. The normalized spacial score (nSPS) is 18.4. The highest BCUT2D eigenvalue weighted by atomic mass is 35.5. The first kappa shape index (κ1) is 14.4. The van der Waals surface area contributed by atoms with Crippen LogP contribution in [0.3, 0.4) is 0 Å². The molecule has 0 saturated carbocycles. The number of aromatic nitrogens is 2. The molecule has 1 saturated heterocycles. The van der Waals surface area contributed by atoms with E-state index in [9.17, 15) is 4.79 Å². The quantitative estimate of drug-likeness (QED) is 0.900. The number of carbonyl (C=O) groups is 1. The molecule has 0 aliphatic carbocycles. The predicted molar refractivity (Wildman–Crippen MR) is 81.6 cm³/mol. The second-order valence-electron chi connectivity index (χ2n) is 4.48. The predicted octanol–water partition coefficient (Wildman–Crippen LogP) is 1.79. The van der Waals surface area contributed by atoms with Gasteiger partial charge in [-0.3, -0.25) is 10.1 Å². The lowest BCUT2D eigenvalue weighted by molar-refractivity contribution is -0.128. The Balaban J connectivity index is 1.69. The van der Waals surface area contributed by atoms with Crippen LogP contribution >= 0.6 is 22.9 Å². The molecule has 2 heterocycles. The molecular weight excluding hydrogens is 312 g/mol. The van der Waals surface area contributed by atoms with Crippen LogP contribution in [0.15, 0.2) is 24.3 Å². The van der Waals surface area contributed by atoms with E-state index in [1.54, 1.807) is 6.07 Å². The van der Waals surface area contributed by atoms with Gasteiger partial charge in [0.05, 0.1) is 6.61 Å². The van der Waals surface area contributed by atoms with Gasteiger partial charge in [-0.25, -0.2) is 0 Å². The average Bonchev–Trinajstić information content (AvgIpc) is 2.97. The Kier molecular flexibility index (Phi) is 4.45. The zero-order valence-corrected chi connectivity index (χ0v) is 12.6. The molecule has 0 radical (unpaired) electrons. The van der Waals surface area contributed by atoms with Crippen LogP contribution in [-0.2, 0) is 9.53 Å². The van der Waals surface area contributed by atoms with E-state index in [0.29, 0.717) is 28.3 Å². The molecule has 1 unspecified atom stereocenters. The van der Waals surface area contributed by atoms with Gasteiger partial charge >= 0.3 is 0 Å².